The summed E-state index contributed by atoms with van der Waals surface area (Å²) in [6, 6.07) is 1.40. The first kappa shape index (κ1) is 19.9. The van der Waals surface area contributed by atoms with Crippen molar-refractivity contribution in [3.63, 3.8) is 0 Å². The predicted octanol–water partition coefficient (Wildman–Crippen LogP) is 2.30. The van der Waals surface area contributed by atoms with Gasteiger partial charge in [0.05, 0.1) is 12.2 Å². The minimum absolute atomic E-state index is 0.110. The molecule has 25 heavy (non-hydrogen) atoms. The number of nitrogens with zero attached hydrogens (tertiary/aromatic N) is 1. The van der Waals surface area contributed by atoms with E-state index in [9.17, 15) is 31.5 Å². The molecule has 0 radical (unpaired) electrons. The summed E-state index contributed by atoms with van der Waals surface area (Å²) in [5, 5.41) is 13.6. The molecule has 1 heterocycles. The van der Waals surface area contributed by atoms with Crippen LogP contribution in [-0.4, -0.2) is 41.1 Å². The van der Waals surface area contributed by atoms with Crippen LogP contribution in [-0.2, 0) is 26.7 Å². The number of hydrogen-bond acceptors (Lipinski definition) is 6. The Kier molecular flexibility index (Phi) is 5.08. The molecular weight excluding hydrogens is 363 g/mol. The van der Waals surface area contributed by atoms with E-state index in [1.807, 2.05) is 0 Å². The summed E-state index contributed by atoms with van der Waals surface area (Å²) in [5.74, 6) is -1.32. The number of Topliss-reactive ketones (excluding diaryl/α,β-unsaturated/α-hetero) is 1. The number of halogens is 3. The number of sulfone groups is 1. The molecule has 0 bridgehead atoms. The third-order valence-electron chi connectivity index (χ3n) is 4.42. The average molecular weight is 383 g/mol. The van der Waals surface area contributed by atoms with E-state index in [1.54, 1.807) is 0 Å². The molecule has 6 nitrogen and oxygen atoms in total. The van der Waals surface area contributed by atoms with E-state index in [-0.39, 0.29) is 12.2 Å². The number of ketones is 1. The molecule has 1 aliphatic rings. The molecule has 1 aliphatic carbocycles. The molecular formula is C15H20F3NO5S. The van der Waals surface area contributed by atoms with E-state index in [0.717, 1.165) is 0 Å². The van der Waals surface area contributed by atoms with Gasteiger partial charge in [-0.3, -0.25) is 4.79 Å². The fraction of sp³-hybridized carbons (Fsp3) is 0.733. The highest BCUT2D eigenvalue weighted by Gasteiger charge is 2.46. The number of aliphatic hydroxyl groups is 1. The van der Waals surface area contributed by atoms with Crippen molar-refractivity contribution < 1.29 is 36.0 Å². The van der Waals surface area contributed by atoms with Crippen LogP contribution in [0, 0.1) is 0 Å². The SMILES string of the molecule is CC(C)(C(=O)Cc1cc(C2(O)CC2)no1)S(=O)(=O)CCCC(F)(F)F. The first-order chi connectivity index (χ1) is 11.3. The molecule has 1 aromatic rings. The molecule has 0 spiro atoms. The van der Waals surface area contributed by atoms with E-state index in [4.69, 9.17) is 4.52 Å². The highest BCUT2D eigenvalue weighted by molar-refractivity contribution is 7.93. The van der Waals surface area contributed by atoms with Crippen molar-refractivity contribution in [2.75, 3.05) is 5.75 Å². The lowest BCUT2D eigenvalue weighted by Crippen LogP contribution is -2.43. The minimum Gasteiger partial charge on any atom is -0.383 e. The summed E-state index contributed by atoms with van der Waals surface area (Å²) in [6.07, 6.45) is -5.56. The number of aromatic nitrogens is 1. The van der Waals surface area contributed by atoms with Crippen LogP contribution >= 0.6 is 0 Å². The van der Waals surface area contributed by atoms with Gasteiger partial charge in [0.15, 0.2) is 15.6 Å². The van der Waals surface area contributed by atoms with Gasteiger partial charge in [0.2, 0.25) is 0 Å². The molecule has 0 aliphatic heterocycles. The fourth-order valence-electron chi connectivity index (χ4n) is 2.25. The normalized spacial score (nSPS) is 17.5. The Morgan fingerprint density at radius 1 is 1.36 bits per heavy atom. The van der Waals surface area contributed by atoms with Crippen molar-refractivity contribution in [1.82, 2.24) is 5.16 Å². The summed E-state index contributed by atoms with van der Waals surface area (Å²) in [6.45, 7) is 2.34. The quantitative estimate of drug-likeness (QED) is 0.740. The number of alkyl halides is 3. The summed E-state index contributed by atoms with van der Waals surface area (Å²) >= 11 is 0. The molecule has 2 rings (SSSR count). The molecule has 1 fully saturated rings. The zero-order valence-electron chi connectivity index (χ0n) is 13.9. The van der Waals surface area contributed by atoms with Crippen LogP contribution < -0.4 is 0 Å². The van der Waals surface area contributed by atoms with Gasteiger partial charge in [-0.05, 0) is 33.1 Å². The minimum atomic E-state index is -4.44. The van der Waals surface area contributed by atoms with Crippen molar-refractivity contribution in [3.8, 4) is 0 Å². The van der Waals surface area contributed by atoms with Crippen LogP contribution in [0.2, 0.25) is 0 Å². The maximum atomic E-state index is 12.4. The molecule has 0 amide bonds. The smallest absolute Gasteiger partial charge is 0.383 e. The number of hydrogen-bond donors (Lipinski definition) is 1. The van der Waals surface area contributed by atoms with Gasteiger partial charge in [0.1, 0.15) is 21.8 Å². The highest BCUT2D eigenvalue weighted by atomic mass is 32.2. The Morgan fingerprint density at radius 2 is 1.96 bits per heavy atom. The first-order valence-corrected chi connectivity index (χ1v) is 9.43. The number of carbonyl (C=O) groups excluding carboxylic acids is 1. The number of carbonyl (C=O) groups is 1. The second-order valence-electron chi connectivity index (χ2n) is 6.86. The summed E-state index contributed by atoms with van der Waals surface area (Å²) in [4.78, 5) is 12.4. The molecule has 10 heteroatoms. The van der Waals surface area contributed by atoms with Gasteiger partial charge in [0, 0.05) is 12.5 Å². The Labute approximate surface area is 143 Å². The van der Waals surface area contributed by atoms with Gasteiger partial charge >= 0.3 is 6.18 Å². The second kappa shape index (κ2) is 6.39. The maximum Gasteiger partial charge on any atom is 0.389 e. The van der Waals surface area contributed by atoms with Gasteiger partial charge in [-0.1, -0.05) is 5.16 Å². The van der Waals surface area contributed by atoms with E-state index in [1.165, 1.54) is 19.9 Å². The molecule has 0 unspecified atom stereocenters. The van der Waals surface area contributed by atoms with Crippen LogP contribution in [0.15, 0.2) is 10.6 Å². The fourth-order valence-corrected chi connectivity index (χ4v) is 3.71. The number of rotatable bonds is 8. The molecule has 1 N–H and O–H groups in total. The molecule has 0 saturated heterocycles. The van der Waals surface area contributed by atoms with Gasteiger partial charge < -0.3 is 9.63 Å². The summed E-state index contributed by atoms with van der Waals surface area (Å²) < 4.78 is 64.2. The lowest BCUT2D eigenvalue weighted by molar-refractivity contribution is -0.134. The maximum absolute atomic E-state index is 12.4. The van der Waals surface area contributed by atoms with Crippen LogP contribution in [0.5, 0.6) is 0 Å². The monoisotopic (exact) mass is 383 g/mol. The molecule has 1 saturated carbocycles. The predicted molar refractivity (Wildman–Crippen MR) is 81.5 cm³/mol. The van der Waals surface area contributed by atoms with E-state index >= 15 is 0 Å². The molecule has 0 aromatic carbocycles. The third-order valence-corrected chi connectivity index (χ3v) is 7.03. The third kappa shape index (κ3) is 4.60. The molecule has 142 valence electrons. The van der Waals surface area contributed by atoms with Crippen LogP contribution in [0.25, 0.3) is 0 Å². The van der Waals surface area contributed by atoms with Gasteiger partial charge in [-0.2, -0.15) is 13.2 Å². The largest absolute Gasteiger partial charge is 0.389 e. The summed E-state index contributed by atoms with van der Waals surface area (Å²) in [5.41, 5.74) is -0.745. The summed E-state index contributed by atoms with van der Waals surface area (Å²) in [7, 11) is -4.07. The van der Waals surface area contributed by atoms with Gasteiger partial charge in [0.25, 0.3) is 0 Å². The van der Waals surface area contributed by atoms with Crippen molar-refractivity contribution in [2.45, 2.75) is 62.5 Å². The van der Waals surface area contributed by atoms with Crippen molar-refractivity contribution in [2.24, 2.45) is 0 Å². The lowest BCUT2D eigenvalue weighted by Gasteiger charge is -2.23. The van der Waals surface area contributed by atoms with Crippen LogP contribution in [0.1, 0.15) is 51.0 Å². The molecule has 1 aromatic heterocycles. The zero-order valence-corrected chi connectivity index (χ0v) is 14.7. The van der Waals surface area contributed by atoms with Crippen molar-refractivity contribution >= 4 is 15.6 Å². The molecule has 0 atom stereocenters. The first-order valence-electron chi connectivity index (χ1n) is 7.78. The highest BCUT2D eigenvalue weighted by Crippen LogP contribution is 2.44. The Bertz CT molecular complexity index is 747. The topological polar surface area (TPSA) is 97.5 Å². The zero-order chi connectivity index (χ0) is 19.1. The van der Waals surface area contributed by atoms with E-state index in [2.05, 4.69) is 5.16 Å². The van der Waals surface area contributed by atoms with Gasteiger partial charge in [-0.15, -0.1) is 0 Å². The second-order valence-corrected chi connectivity index (χ2v) is 9.52. The van der Waals surface area contributed by atoms with E-state index in [0.29, 0.717) is 18.5 Å². The Hall–Kier alpha value is -1.42. The van der Waals surface area contributed by atoms with Gasteiger partial charge in [-0.25, -0.2) is 8.42 Å². The Balaban J connectivity index is 2.01. The lowest BCUT2D eigenvalue weighted by atomic mass is 10.0. The van der Waals surface area contributed by atoms with E-state index < -0.39 is 50.7 Å². The van der Waals surface area contributed by atoms with Crippen molar-refractivity contribution in [3.05, 3.63) is 17.5 Å². The van der Waals surface area contributed by atoms with Crippen LogP contribution in [0.3, 0.4) is 0 Å². The van der Waals surface area contributed by atoms with Crippen LogP contribution in [0.4, 0.5) is 13.2 Å². The Morgan fingerprint density at radius 3 is 2.48 bits per heavy atom. The average Bonchev–Trinajstić information content (AvgIpc) is 3.02. The van der Waals surface area contributed by atoms with Crippen molar-refractivity contribution in [1.29, 1.82) is 0 Å². The standard InChI is InChI=1S/C15H20F3NO5S/c1-13(2,25(22,23)7-3-4-15(16,17)18)12(20)9-10-8-11(19-24-10)14(21)5-6-14/h8,21H,3-7,9H2,1-2H3.